The second-order valence-corrected chi connectivity index (χ2v) is 4.38. The molecule has 0 aliphatic rings. The smallest absolute Gasteiger partial charge is 0.360 e. The average Bonchev–Trinajstić information content (AvgIpc) is 3.07. The number of nitrogens with two attached hydrogens (primary N) is 1. The summed E-state index contributed by atoms with van der Waals surface area (Å²) in [5.74, 6) is 0.667. The zero-order chi connectivity index (χ0) is 14.5. The minimum Gasteiger partial charge on any atom is -0.464 e. The summed E-state index contributed by atoms with van der Waals surface area (Å²) in [7, 11) is 1.32. The number of rotatable bonds is 6. The molecular formula is C13H19N5O2. The van der Waals surface area contributed by atoms with E-state index in [-0.39, 0.29) is 5.69 Å². The lowest BCUT2D eigenvalue weighted by Gasteiger charge is -2.08. The van der Waals surface area contributed by atoms with Crippen LogP contribution in [0.4, 0.5) is 5.82 Å². The molecule has 0 spiro atoms. The highest BCUT2D eigenvalue weighted by atomic mass is 16.5. The first-order chi connectivity index (χ1) is 9.67. The number of carbonyl (C=O) groups is 1. The fourth-order valence-corrected chi connectivity index (χ4v) is 2.10. The Labute approximate surface area is 117 Å². The number of imidazole rings is 1. The van der Waals surface area contributed by atoms with Gasteiger partial charge in [0.25, 0.3) is 0 Å². The predicted molar refractivity (Wildman–Crippen MR) is 74.2 cm³/mol. The van der Waals surface area contributed by atoms with Crippen molar-refractivity contribution in [2.45, 2.75) is 32.9 Å². The molecule has 0 radical (unpaired) electrons. The Morgan fingerprint density at radius 2 is 2.25 bits per heavy atom. The highest BCUT2D eigenvalue weighted by molar-refractivity contribution is 5.92. The lowest BCUT2D eigenvalue weighted by molar-refractivity contribution is 0.0595. The van der Waals surface area contributed by atoms with E-state index in [0.29, 0.717) is 18.8 Å². The van der Waals surface area contributed by atoms with Crippen LogP contribution in [0.15, 0.2) is 18.5 Å². The van der Waals surface area contributed by atoms with Crippen molar-refractivity contribution in [2.24, 2.45) is 0 Å². The van der Waals surface area contributed by atoms with Crippen LogP contribution in [0.1, 0.15) is 29.7 Å². The number of aromatic nitrogens is 4. The zero-order valence-electron chi connectivity index (χ0n) is 11.7. The number of ether oxygens (including phenoxy) is 1. The van der Waals surface area contributed by atoms with Gasteiger partial charge in [-0.3, -0.25) is 4.68 Å². The number of methoxy groups -OCH3 is 1. The molecule has 2 rings (SSSR count). The third-order valence-electron chi connectivity index (χ3n) is 3.11. The van der Waals surface area contributed by atoms with Gasteiger partial charge in [0.05, 0.1) is 7.11 Å². The van der Waals surface area contributed by atoms with E-state index < -0.39 is 5.97 Å². The first-order valence-electron chi connectivity index (χ1n) is 6.58. The number of carbonyl (C=O) groups excluding carboxylic acids is 1. The van der Waals surface area contributed by atoms with Gasteiger partial charge in [-0.2, -0.15) is 5.10 Å². The van der Waals surface area contributed by atoms with Gasteiger partial charge in [0.2, 0.25) is 0 Å². The molecule has 0 amide bonds. The van der Waals surface area contributed by atoms with Gasteiger partial charge in [-0.15, -0.1) is 0 Å². The Balaban J connectivity index is 2.09. The quantitative estimate of drug-likeness (QED) is 0.799. The van der Waals surface area contributed by atoms with Crippen molar-refractivity contribution < 1.29 is 9.53 Å². The predicted octanol–water partition coefficient (Wildman–Crippen LogP) is 1.10. The second kappa shape index (κ2) is 6.23. The Bertz CT molecular complexity index is 574. The summed E-state index contributed by atoms with van der Waals surface area (Å²) in [6.45, 7) is 3.47. The van der Waals surface area contributed by atoms with Gasteiger partial charge < -0.3 is 15.0 Å². The van der Waals surface area contributed by atoms with Gasteiger partial charge in [0.1, 0.15) is 11.6 Å². The molecule has 2 aromatic heterocycles. The molecule has 0 aliphatic heterocycles. The molecule has 0 atom stereocenters. The van der Waals surface area contributed by atoms with E-state index in [9.17, 15) is 4.79 Å². The third kappa shape index (κ3) is 2.81. The van der Waals surface area contributed by atoms with E-state index in [4.69, 9.17) is 5.73 Å². The Morgan fingerprint density at radius 1 is 1.45 bits per heavy atom. The van der Waals surface area contributed by atoms with E-state index in [1.54, 1.807) is 6.20 Å². The molecule has 7 heteroatoms. The van der Waals surface area contributed by atoms with Crippen LogP contribution in [-0.2, 0) is 24.2 Å². The number of nitrogens with zero attached hydrogens (tertiary/aromatic N) is 4. The maximum atomic E-state index is 11.6. The van der Waals surface area contributed by atoms with E-state index >= 15 is 0 Å². The first-order valence-corrected chi connectivity index (χ1v) is 6.58. The number of anilines is 1. The molecule has 20 heavy (non-hydrogen) atoms. The maximum absolute atomic E-state index is 11.6. The molecular weight excluding hydrogens is 258 g/mol. The highest BCUT2D eigenvalue weighted by Crippen LogP contribution is 2.17. The van der Waals surface area contributed by atoms with Crippen LogP contribution in [-0.4, -0.2) is 32.4 Å². The second-order valence-electron chi connectivity index (χ2n) is 4.38. The van der Waals surface area contributed by atoms with Crippen molar-refractivity contribution in [2.75, 3.05) is 12.8 Å². The van der Waals surface area contributed by atoms with Crippen LogP contribution in [0.5, 0.6) is 0 Å². The lowest BCUT2D eigenvalue weighted by Crippen LogP contribution is -2.11. The summed E-state index contributed by atoms with van der Waals surface area (Å²) < 4.78 is 8.42. The van der Waals surface area contributed by atoms with Gasteiger partial charge in [-0.1, -0.05) is 6.92 Å². The standard InChI is InChI=1S/C13H19N5O2/c1-3-10-16-11(13(19)20-2)12(14)18(10)9-5-8-17-7-4-6-15-17/h4,6-7H,3,5,8-9,14H2,1-2H3. The van der Waals surface area contributed by atoms with Gasteiger partial charge in [0.15, 0.2) is 5.69 Å². The summed E-state index contributed by atoms with van der Waals surface area (Å²) >= 11 is 0. The molecule has 0 saturated heterocycles. The number of hydrogen-bond donors (Lipinski definition) is 1. The molecule has 0 bridgehead atoms. The third-order valence-corrected chi connectivity index (χ3v) is 3.11. The molecule has 0 saturated carbocycles. The molecule has 7 nitrogen and oxygen atoms in total. The summed E-state index contributed by atoms with van der Waals surface area (Å²) in [5.41, 5.74) is 6.19. The van der Waals surface area contributed by atoms with Gasteiger partial charge >= 0.3 is 5.97 Å². The number of nitrogen functional groups attached to an aromatic ring is 1. The zero-order valence-corrected chi connectivity index (χ0v) is 11.7. The van der Waals surface area contributed by atoms with Crippen molar-refractivity contribution >= 4 is 11.8 Å². The van der Waals surface area contributed by atoms with E-state index in [2.05, 4.69) is 14.8 Å². The summed E-state index contributed by atoms with van der Waals surface area (Å²) in [5, 5.41) is 4.15. The Kier molecular flexibility index (Phi) is 4.39. The van der Waals surface area contributed by atoms with Crippen LogP contribution in [0.25, 0.3) is 0 Å². The Hall–Kier alpha value is -2.31. The molecule has 0 fully saturated rings. The molecule has 0 unspecified atom stereocenters. The molecule has 0 aliphatic carbocycles. The van der Waals surface area contributed by atoms with E-state index in [1.807, 2.05) is 28.4 Å². The Morgan fingerprint density at radius 3 is 2.85 bits per heavy atom. The summed E-state index contributed by atoms with van der Waals surface area (Å²) in [6.07, 6.45) is 5.23. The summed E-state index contributed by atoms with van der Waals surface area (Å²) in [4.78, 5) is 15.8. The highest BCUT2D eigenvalue weighted by Gasteiger charge is 2.19. The minimum atomic E-state index is -0.497. The molecule has 2 aromatic rings. The van der Waals surface area contributed by atoms with Crippen LogP contribution >= 0.6 is 0 Å². The van der Waals surface area contributed by atoms with Crippen molar-refractivity contribution in [3.05, 3.63) is 30.0 Å². The van der Waals surface area contributed by atoms with Crippen LogP contribution in [0.2, 0.25) is 0 Å². The molecule has 2 heterocycles. The van der Waals surface area contributed by atoms with E-state index in [1.165, 1.54) is 7.11 Å². The van der Waals surface area contributed by atoms with Gasteiger partial charge in [-0.25, -0.2) is 9.78 Å². The molecule has 108 valence electrons. The molecule has 2 N–H and O–H groups in total. The van der Waals surface area contributed by atoms with E-state index in [0.717, 1.165) is 18.8 Å². The van der Waals surface area contributed by atoms with Crippen LogP contribution < -0.4 is 5.73 Å². The van der Waals surface area contributed by atoms with Crippen LogP contribution in [0, 0.1) is 0 Å². The van der Waals surface area contributed by atoms with Crippen molar-refractivity contribution in [1.82, 2.24) is 19.3 Å². The maximum Gasteiger partial charge on any atom is 0.360 e. The summed E-state index contributed by atoms with van der Waals surface area (Å²) in [6, 6.07) is 1.89. The normalized spacial score (nSPS) is 10.7. The van der Waals surface area contributed by atoms with Crippen molar-refractivity contribution in [1.29, 1.82) is 0 Å². The van der Waals surface area contributed by atoms with Crippen molar-refractivity contribution in [3.8, 4) is 0 Å². The van der Waals surface area contributed by atoms with Gasteiger partial charge in [0, 0.05) is 31.9 Å². The fraction of sp³-hybridized carbons (Fsp3) is 0.462. The fourth-order valence-electron chi connectivity index (χ4n) is 2.10. The van der Waals surface area contributed by atoms with Gasteiger partial charge in [-0.05, 0) is 12.5 Å². The number of hydrogen-bond acceptors (Lipinski definition) is 5. The van der Waals surface area contributed by atoms with Crippen LogP contribution in [0.3, 0.4) is 0 Å². The minimum absolute atomic E-state index is 0.198. The SMILES string of the molecule is CCc1nc(C(=O)OC)c(N)n1CCCn1cccn1. The topological polar surface area (TPSA) is 88.0 Å². The van der Waals surface area contributed by atoms with Crippen molar-refractivity contribution in [3.63, 3.8) is 0 Å². The lowest BCUT2D eigenvalue weighted by atomic mass is 10.3. The number of aryl methyl sites for hydroxylation is 2. The molecule has 0 aromatic carbocycles. The average molecular weight is 277 g/mol. The largest absolute Gasteiger partial charge is 0.464 e. The first kappa shape index (κ1) is 14.1. The monoisotopic (exact) mass is 277 g/mol. The number of esters is 1.